The van der Waals surface area contributed by atoms with Crippen LogP contribution in [0.25, 0.3) is 0 Å². The summed E-state index contributed by atoms with van der Waals surface area (Å²) in [6, 6.07) is 6.04. The van der Waals surface area contributed by atoms with E-state index in [1.54, 1.807) is 0 Å². The Kier molecular flexibility index (Phi) is 1.76. The molecule has 0 N–H and O–H groups in total. The summed E-state index contributed by atoms with van der Waals surface area (Å²) in [7, 11) is 5.69. The summed E-state index contributed by atoms with van der Waals surface area (Å²) >= 11 is 0. The molecule has 2 radical (unpaired) electrons. The fraction of sp³-hybridized carbons (Fsp3) is 0.300. The van der Waals surface area contributed by atoms with E-state index < -0.39 is 0 Å². The predicted octanol–water partition coefficient (Wildman–Crippen LogP) is 0.846. The third-order valence-electron chi connectivity index (χ3n) is 2.25. The maximum absolute atomic E-state index is 5.69. The zero-order chi connectivity index (χ0) is 8.55. The second-order valence-corrected chi connectivity index (χ2v) is 3.13. The topological polar surface area (TPSA) is 12.4 Å². The monoisotopic (exact) mass is 155 g/mol. The molecular weight excluding hydrogens is 145 g/mol. The van der Waals surface area contributed by atoms with Crippen LogP contribution in [0.1, 0.15) is 18.1 Å². The molecule has 58 valence electrons. The second-order valence-electron chi connectivity index (χ2n) is 3.13. The van der Waals surface area contributed by atoms with Crippen LogP contribution in [0.5, 0.6) is 0 Å². The Hall–Kier alpha value is -1.05. The molecule has 0 aliphatic carbocycles. The van der Waals surface area contributed by atoms with Crippen molar-refractivity contribution in [3.63, 3.8) is 0 Å². The molecule has 0 aromatic heterocycles. The number of benzene rings is 1. The first-order valence-corrected chi connectivity index (χ1v) is 4.17. The highest BCUT2D eigenvalue weighted by Crippen LogP contribution is 2.13. The summed E-state index contributed by atoms with van der Waals surface area (Å²) in [6.07, 6.45) is 1.03. The van der Waals surface area contributed by atoms with Gasteiger partial charge in [0.25, 0.3) is 0 Å². The molecule has 0 saturated carbocycles. The standard InChI is InChI=1S/C10H10BN/c1-7-10-3-2-9(11)6-8(10)4-5-12-7/h2-3,6H,4-5H2,1H3. The number of fused-ring (bicyclic) bond motifs is 1. The number of hydrogen-bond donors (Lipinski definition) is 0. The molecule has 1 aliphatic heterocycles. The zero-order valence-electron chi connectivity index (χ0n) is 7.17. The van der Waals surface area contributed by atoms with Crippen molar-refractivity contribution in [3.05, 3.63) is 29.3 Å². The fourth-order valence-corrected chi connectivity index (χ4v) is 1.60. The Morgan fingerprint density at radius 1 is 1.42 bits per heavy atom. The van der Waals surface area contributed by atoms with Crippen molar-refractivity contribution in [1.82, 2.24) is 0 Å². The van der Waals surface area contributed by atoms with Crippen LogP contribution in [0.15, 0.2) is 23.2 Å². The van der Waals surface area contributed by atoms with E-state index in [4.69, 9.17) is 7.85 Å². The lowest BCUT2D eigenvalue weighted by atomic mass is 9.89. The van der Waals surface area contributed by atoms with Crippen molar-refractivity contribution in [1.29, 1.82) is 0 Å². The number of nitrogens with zero attached hydrogens (tertiary/aromatic N) is 1. The molecule has 2 rings (SSSR count). The molecule has 2 heteroatoms. The van der Waals surface area contributed by atoms with E-state index >= 15 is 0 Å². The Balaban J connectivity index is 2.56. The smallest absolute Gasteiger partial charge is 0.113 e. The fourth-order valence-electron chi connectivity index (χ4n) is 1.60. The highest BCUT2D eigenvalue weighted by atomic mass is 14.7. The Morgan fingerprint density at radius 2 is 2.25 bits per heavy atom. The third-order valence-corrected chi connectivity index (χ3v) is 2.25. The van der Waals surface area contributed by atoms with E-state index in [0.29, 0.717) is 0 Å². The average Bonchev–Trinajstić information content (AvgIpc) is 2.04. The first-order valence-electron chi connectivity index (χ1n) is 4.17. The molecule has 0 bridgehead atoms. The van der Waals surface area contributed by atoms with Gasteiger partial charge in [0, 0.05) is 12.3 Å². The maximum atomic E-state index is 5.69. The van der Waals surface area contributed by atoms with Gasteiger partial charge in [-0.25, -0.2) is 0 Å². The second kappa shape index (κ2) is 2.78. The van der Waals surface area contributed by atoms with E-state index in [1.807, 2.05) is 19.1 Å². The quantitative estimate of drug-likeness (QED) is 0.492. The molecular formula is C10H10BN. The van der Waals surface area contributed by atoms with Gasteiger partial charge in [0.2, 0.25) is 0 Å². The van der Waals surface area contributed by atoms with Gasteiger partial charge in [0.05, 0.1) is 0 Å². The minimum Gasteiger partial charge on any atom is -0.289 e. The zero-order valence-corrected chi connectivity index (χ0v) is 7.17. The minimum atomic E-state index is 0.850. The molecule has 0 saturated heterocycles. The Morgan fingerprint density at radius 3 is 3.08 bits per heavy atom. The van der Waals surface area contributed by atoms with E-state index in [2.05, 4.69) is 11.1 Å². The Labute approximate surface area is 73.9 Å². The van der Waals surface area contributed by atoms with Gasteiger partial charge in [0.15, 0.2) is 0 Å². The van der Waals surface area contributed by atoms with E-state index in [1.165, 1.54) is 11.1 Å². The highest BCUT2D eigenvalue weighted by Gasteiger charge is 2.09. The van der Waals surface area contributed by atoms with Crippen LogP contribution >= 0.6 is 0 Å². The molecule has 0 amide bonds. The third kappa shape index (κ3) is 1.18. The summed E-state index contributed by atoms with van der Waals surface area (Å²) in [4.78, 5) is 4.38. The van der Waals surface area contributed by atoms with Crippen molar-refractivity contribution >= 4 is 19.0 Å². The molecule has 0 unspecified atom stereocenters. The number of hydrogen-bond acceptors (Lipinski definition) is 1. The van der Waals surface area contributed by atoms with Crippen molar-refractivity contribution in [2.45, 2.75) is 13.3 Å². The van der Waals surface area contributed by atoms with Crippen LogP contribution < -0.4 is 5.46 Å². The van der Waals surface area contributed by atoms with Crippen molar-refractivity contribution in [3.8, 4) is 0 Å². The predicted molar refractivity (Wildman–Crippen MR) is 52.6 cm³/mol. The maximum Gasteiger partial charge on any atom is 0.113 e. The summed E-state index contributed by atoms with van der Waals surface area (Å²) < 4.78 is 0. The summed E-state index contributed by atoms with van der Waals surface area (Å²) in [6.45, 7) is 2.95. The van der Waals surface area contributed by atoms with Gasteiger partial charge in [-0.15, -0.1) is 0 Å². The molecule has 1 aromatic carbocycles. The number of aliphatic imine (C=N–C) groups is 1. The van der Waals surface area contributed by atoms with Gasteiger partial charge in [-0.2, -0.15) is 0 Å². The normalized spacial score (nSPS) is 15.2. The van der Waals surface area contributed by atoms with Gasteiger partial charge >= 0.3 is 0 Å². The first-order chi connectivity index (χ1) is 5.77. The van der Waals surface area contributed by atoms with Crippen molar-refractivity contribution in [2.75, 3.05) is 6.54 Å². The van der Waals surface area contributed by atoms with Crippen LogP contribution in [-0.4, -0.2) is 20.1 Å². The van der Waals surface area contributed by atoms with Crippen LogP contribution in [0, 0.1) is 0 Å². The van der Waals surface area contributed by atoms with Crippen LogP contribution in [0.3, 0.4) is 0 Å². The van der Waals surface area contributed by atoms with Gasteiger partial charge in [-0.05, 0) is 24.5 Å². The molecule has 0 atom stereocenters. The molecule has 12 heavy (non-hydrogen) atoms. The summed E-state index contributed by atoms with van der Waals surface area (Å²) in [5, 5.41) is 0. The molecule has 1 heterocycles. The summed E-state index contributed by atoms with van der Waals surface area (Å²) in [5.41, 5.74) is 4.58. The molecule has 0 fully saturated rings. The molecule has 1 aromatic rings. The first kappa shape index (κ1) is 7.60. The van der Waals surface area contributed by atoms with Gasteiger partial charge in [-0.1, -0.05) is 23.7 Å². The van der Waals surface area contributed by atoms with Crippen molar-refractivity contribution in [2.24, 2.45) is 4.99 Å². The summed E-state index contributed by atoms with van der Waals surface area (Å²) in [5.74, 6) is 0. The highest BCUT2D eigenvalue weighted by molar-refractivity contribution is 6.32. The van der Waals surface area contributed by atoms with Crippen molar-refractivity contribution < 1.29 is 0 Å². The SMILES string of the molecule is [B]c1ccc2c(c1)CCN=C2C. The number of rotatable bonds is 0. The molecule has 0 spiro atoms. The lowest BCUT2D eigenvalue weighted by Gasteiger charge is -2.14. The lowest BCUT2D eigenvalue weighted by Crippen LogP contribution is -2.14. The molecule has 1 nitrogen and oxygen atoms in total. The van der Waals surface area contributed by atoms with Gasteiger partial charge < -0.3 is 0 Å². The Bertz CT molecular complexity index is 342. The molecule has 1 aliphatic rings. The lowest BCUT2D eigenvalue weighted by molar-refractivity contribution is 0.943. The van der Waals surface area contributed by atoms with E-state index in [9.17, 15) is 0 Å². The van der Waals surface area contributed by atoms with E-state index in [-0.39, 0.29) is 0 Å². The van der Waals surface area contributed by atoms with E-state index in [0.717, 1.165) is 24.1 Å². The largest absolute Gasteiger partial charge is 0.289 e. The van der Waals surface area contributed by atoms with Gasteiger partial charge in [-0.3, -0.25) is 4.99 Å². The average molecular weight is 155 g/mol. The van der Waals surface area contributed by atoms with Crippen LogP contribution in [0.4, 0.5) is 0 Å². The van der Waals surface area contributed by atoms with Crippen LogP contribution in [-0.2, 0) is 6.42 Å². The van der Waals surface area contributed by atoms with Gasteiger partial charge in [0.1, 0.15) is 7.85 Å². The van der Waals surface area contributed by atoms with Crippen LogP contribution in [0.2, 0.25) is 0 Å². The minimum absolute atomic E-state index is 0.850.